The smallest absolute Gasteiger partial charge is 0.158 e. The van der Waals surface area contributed by atoms with Gasteiger partial charge in [-0.2, -0.15) is 0 Å². The Morgan fingerprint density at radius 2 is 1.91 bits per heavy atom. The van der Waals surface area contributed by atoms with Crippen LogP contribution in [0, 0.1) is 10.8 Å². The third-order valence-electron chi connectivity index (χ3n) is 6.77. The number of hydrogen-bond donors (Lipinski definition) is 0. The molecular formula is C20H28O2. The second kappa shape index (κ2) is 4.95. The highest BCUT2D eigenvalue weighted by atomic mass is 16.7. The zero-order valence-electron chi connectivity index (χ0n) is 13.7. The molecule has 0 bridgehead atoms. The Hall–Kier alpha value is -0.600. The molecular weight excluding hydrogens is 272 g/mol. The summed E-state index contributed by atoms with van der Waals surface area (Å²) >= 11 is 0. The van der Waals surface area contributed by atoms with E-state index in [4.69, 9.17) is 9.47 Å². The van der Waals surface area contributed by atoms with Gasteiger partial charge in [-0.1, -0.05) is 17.2 Å². The van der Waals surface area contributed by atoms with E-state index in [2.05, 4.69) is 6.08 Å². The molecule has 2 heteroatoms. The van der Waals surface area contributed by atoms with Gasteiger partial charge in [0.2, 0.25) is 0 Å². The minimum Gasteiger partial charge on any atom is -0.353 e. The van der Waals surface area contributed by atoms with E-state index in [1.54, 1.807) is 5.57 Å². The lowest BCUT2D eigenvalue weighted by atomic mass is 9.78. The normalized spacial score (nSPS) is 34.5. The van der Waals surface area contributed by atoms with E-state index in [0.29, 0.717) is 10.8 Å². The Labute approximate surface area is 133 Å². The van der Waals surface area contributed by atoms with Crippen molar-refractivity contribution in [2.75, 3.05) is 13.2 Å². The first-order valence-electron chi connectivity index (χ1n) is 9.47. The van der Waals surface area contributed by atoms with E-state index in [0.717, 1.165) is 19.6 Å². The molecule has 0 amide bonds. The highest BCUT2D eigenvalue weighted by molar-refractivity contribution is 5.44. The summed E-state index contributed by atoms with van der Waals surface area (Å²) in [7, 11) is 0. The Kier molecular flexibility index (Phi) is 3.10. The molecule has 4 aliphatic carbocycles. The quantitative estimate of drug-likeness (QED) is 0.690. The summed E-state index contributed by atoms with van der Waals surface area (Å²) in [5, 5.41) is 0. The largest absolute Gasteiger partial charge is 0.353 e. The summed E-state index contributed by atoms with van der Waals surface area (Å²) < 4.78 is 11.8. The van der Waals surface area contributed by atoms with Crippen LogP contribution in [0.3, 0.4) is 0 Å². The minimum atomic E-state index is 0.0594. The third-order valence-corrected chi connectivity index (χ3v) is 6.77. The highest BCUT2D eigenvalue weighted by Gasteiger charge is 2.66. The van der Waals surface area contributed by atoms with Crippen molar-refractivity contribution in [3.05, 3.63) is 22.8 Å². The molecule has 5 rings (SSSR count). The first kappa shape index (κ1) is 13.8. The SMILES string of the molecule is C1=C(COC2CCCCO2)CCC(=C2CC2)C2(CC2)C12CC2. The van der Waals surface area contributed by atoms with E-state index in [9.17, 15) is 0 Å². The Morgan fingerprint density at radius 3 is 2.55 bits per heavy atom. The summed E-state index contributed by atoms with van der Waals surface area (Å²) in [6.07, 6.45) is 17.4. The van der Waals surface area contributed by atoms with E-state index in [1.807, 2.05) is 11.1 Å². The molecule has 1 atom stereocenters. The molecule has 0 aromatic carbocycles. The van der Waals surface area contributed by atoms with Crippen LogP contribution in [0.5, 0.6) is 0 Å². The lowest BCUT2D eigenvalue weighted by molar-refractivity contribution is -0.157. The van der Waals surface area contributed by atoms with Crippen LogP contribution in [0.4, 0.5) is 0 Å². The van der Waals surface area contributed by atoms with Gasteiger partial charge in [-0.15, -0.1) is 0 Å². The van der Waals surface area contributed by atoms with Gasteiger partial charge >= 0.3 is 0 Å². The number of hydrogen-bond acceptors (Lipinski definition) is 2. The zero-order chi connectivity index (χ0) is 14.6. The van der Waals surface area contributed by atoms with Crippen LogP contribution in [0.2, 0.25) is 0 Å². The lowest BCUT2D eigenvalue weighted by Crippen LogP contribution is -2.23. The van der Waals surface area contributed by atoms with E-state index in [-0.39, 0.29) is 6.29 Å². The molecule has 1 saturated heterocycles. The molecule has 4 fully saturated rings. The number of fused-ring (bicyclic) bond motifs is 1. The fourth-order valence-corrected chi connectivity index (χ4v) is 5.14. The molecule has 120 valence electrons. The highest BCUT2D eigenvalue weighted by Crippen LogP contribution is 2.77. The molecule has 0 radical (unpaired) electrons. The van der Waals surface area contributed by atoms with Crippen LogP contribution >= 0.6 is 0 Å². The third kappa shape index (κ3) is 2.22. The number of ether oxygens (including phenoxy) is 2. The van der Waals surface area contributed by atoms with Gasteiger partial charge in [-0.25, -0.2) is 0 Å². The van der Waals surface area contributed by atoms with Crippen molar-refractivity contribution < 1.29 is 9.47 Å². The molecule has 5 aliphatic rings. The molecule has 1 heterocycles. The van der Waals surface area contributed by atoms with Gasteiger partial charge in [0.1, 0.15) is 0 Å². The van der Waals surface area contributed by atoms with Crippen molar-refractivity contribution in [1.29, 1.82) is 0 Å². The lowest BCUT2D eigenvalue weighted by Gasteiger charge is -2.25. The van der Waals surface area contributed by atoms with Crippen LogP contribution in [-0.2, 0) is 9.47 Å². The standard InChI is InChI=1S/C20H28O2/c1-2-12-21-18(3-1)22-14-15-4-7-17(16-5-6-16)20(10-11-20)19(13-15)8-9-19/h13,18H,1-12,14H2. The van der Waals surface area contributed by atoms with Crippen molar-refractivity contribution >= 4 is 0 Å². The van der Waals surface area contributed by atoms with Crippen LogP contribution in [0.25, 0.3) is 0 Å². The van der Waals surface area contributed by atoms with Crippen LogP contribution in [0.15, 0.2) is 22.8 Å². The second-order valence-corrected chi connectivity index (χ2v) is 8.23. The van der Waals surface area contributed by atoms with Crippen molar-refractivity contribution in [3.8, 4) is 0 Å². The van der Waals surface area contributed by atoms with Gasteiger partial charge in [-0.05, 0) is 81.6 Å². The van der Waals surface area contributed by atoms with Crippen LogP contribution in [-0.4, -0.2) is 19.5 Å². The molecule has 2 spiro atoms. The number of rotatable bonds is 3. The van der Waals surface area contributed by atoms with Crippen LogP contribution in [0.1, 0.15) is 70.6 Å². The minimum absolute atomic E-state index is 0.0594. The average Bonchev–Trinajstić information content (AvgIpc) is 3.37. The van der Waals surface area contributed by atoms with Gasteiger partial charge in [0.05, 0.1) is 6.61 Å². The summed E-state index contributed by atoms with van der Waals surface area (Å²) in [5.74, 6) is 0. The van der Waals surface area contributed by atoms with Crippen molar-refractivity contribution in [2.24, 2.45) is 10.8 Å². The van der Waals surface area contributed by atoms with E-state index in [1.165, 1.54) is 64.2 Å². The molecule has 1 aliphatic heterocycles. The van der Waals surface area contributed by atoms with Crippen LogP contribution < -0.4 is 0 Å². The monoisotopic (exact) mass is 300 g/mol. The summed E-state index contributed by atoms with van der Waals surface area (Å²) in [5.41, 5.74) is 6.44. The summed E-state index contributed by atoms with van der Waals surface area (Å²) in [6.45, 7) is 1.69. The Balaban J connectivity index is 1.32. The molecule has 22 heavy (non-hydrogen) atoms. The number of allylic oxidation sites excluding steroid dienone is 3. The van der Waals surface area contributed by atoms with E-state index < -0.39 is 0 Å². The van der Waals surface area contributed by atoms with Gasteiger partial charge in [0, 0.05) is 12.0 Å². The summed E-state index contributed by atoms with van der Waals surface area (Å²) in [4.78, 5) is 0. The van der Waals surface area contributed by atoms with Gasteiger partial charge in [0.15, 0.2) is 6.29 Å². The van der Waals surface area contributed by atoms with Gasteiger partial charge < -0.3 is 9.47 Å². The maximum atomic E-state index is 6.09. The topological polar surface area (TPSA) is 18.5 Å². The molecule has 2 nitrogen and oxygen atoms in total. The molecule has 0 aromatic heterocycles. The molecule has 3 saturated carbocycles. The van der Waals surface area contributed by atoms with Gasteiger partial charge in [-0.3, -0.25) is 0 Å². The fraction of sp³-hybridized carbons (Fsp3) is 0.800. The van der Waals surface area contributed by atoms with E-state index >= 15 is 0 Å². The maximum Gasteiger partial charge on any atom is 0.158 e. The average molecular weight is 300 g/mol. The van der Waals surface area contributed by atoms with Crippen molar-refractivity contribution in [1.82, 2.24) is 0 Å². The van der Waals surface area contributed by atoms with Crippen molar-refractivity contribution in [3.63, 3.8) is 0 Å². The van der Waals surface area contributed by atoms with Gasteiger partial charge in [0.25, 0.3) is 0 Å². The first-order chi connectivity index (χ1) is 10.8. The van der Waals surface area contributed by atoms with Crippen molar-refractivity contribution in [2.45, 2.75) is 76.9 Å². The second-order valence-electron chi connectivity index (χ2n) is 8.23. The first-order valence-corrected chi connectivity index (χ1v) is 9.47. The Bertz CT molecular complexity index is 522. The molecule has 1 unspecified atom stereocenters. The predicted octanol–water partition coefficient (Wildman–Crippen LogP) is 4.90. The molecule has 0 N–H and O–H groups in total. The maximum absolute atomic E-state index is 6.09. The predicted molar refractivity (Wildman–Crippen MR) is 86.5 cm³/mol. The molecule has 0 aromatic rings. The fourth-order valence-electron chi connectivity index (χ4n) is 5.14. The zero-order valence-corrected chi connectivity index (χ0v) is 13.7. The Morgan fingerprint density at radius 1 is 1.05 bits per heavy atom. The summed E-state index contributed by atoms with van der Waals surface area (Å²) in [6, 6.07) is 0.